The van der Waals surface area contributed by atoms with E-state index >= 15 is 0 Å². The van der Waals surface area contributed by atoms with E-state index in [0.29, 0.717) is 32.1 Å². The zero-order valence-corrected chi connectivity index (χ0v) is 37.0. The van der Waals surface area contributed by atoms with Crippen molar-refractivity contribution in [2.75, 3.05) is 26.4 Å². The van der Waals surface area contributed by atoms with Gasteiger partial charge in [-0.2, -0.15) is 0 Å². The third-order valence-electron chi connectivity index (χ3n) is 10.6. The third kappa shape index (κ3) is 29.4. The number of ether oxygens (including phenoxy) is 2. The van der Waals surface area contributed by atoms with Gasteiger partial charge in [0.1, 0.15) is 6.61 Å². The number of allylic oxidation sites excluding steroid dienone is 4. The maximum atomic E-state index is 12.7. The molecule has 6 N–H and O–H groups in total. The Morgan fingerprint density at radius 1 is 0.724 bits per heavy atom. The van der Waals surface area contributed by atoms with Crippen molar-refractivity contribution in [2.45, 2.75) is 199 Å². The average molecular weight is 844 g/mol. The minimum atomic E-state index is -4.45. The molecule has 1 saturated carbocycles. The van der Waals surface area contributed by atoms with Gasteiger partial charge in [0.15, 0.2) is 6.10 Å². The van der Waals surface area contributed by atoms with Gasteiger partial charge in [-0.25, -0.2) is 4.57 Å². The van der Waals surface area contributed by atoms with Crippen LogP contribution >= 0.6 is 7.82 Å². The zero-order valence-electron chi connectivity index (χ0n) is 36.1. The van der Waals surface area contributed by atoms with Gasteiger partial charge in [0.05, 0.1) is 31.5 Å². The maximum Gasteiger partial charge on any atom is 0.472 e. The standard InChI is InChI=1S/C45H82NO11P/c1-3-5-7-8-9-10-11-12-13-14-15-16-17-18-19-20-25-29-44(50)54-36-39(37-56-58(52,53)55-34-33-46)57-45(51)30-26-22-21-24-28-40-41(43(49)35-42(40)48)32-31-38(47)27-23-6-4-2/h12-13,21,24,31-32,38-43,47-49H,3-11,14-20,22-23,25-30,33-37,46H2,1-2H3,(H,52,53)/b13-12-,24-21+,32-31+/t38-,39+,40+,41+,42-,43+/m0/s1. The SMILES string of the molecule is CCCCCCCC/C=C\CCCCCCCCCC(=O)OC[C@H](COP(=O)(O)OCCN)OC(=O)CCC/C=C/C[C@@H]1[C@@H](/C=C/[C@@H](O)CCCCC)[C@H](O)C[C@@H]1O. The summed E-state index contributed by atoms with van der Waals surface area (Å²) in [5.41, 5.74) is 5.35. The smallest absolute Gasteiger partial charge is 0.462 e. The average Bonchev–Trinajstić information content (AvgIpc) is 3.47. The van der Waals surface area contributed by atoms with Gasteiger partial charge in [-0.3, -0.25) is 18.6 Å². The van der Waals surface area contributed by atoms with Crippen molar-refractivity contribution >= 4 is 19.8 Å². The number of carbonyl (C=O) groups excluding carboxylic acids is 2. The summed E-state index contributed by atoms with van der Waals surface area (Å²) in [7, 11) is -4.45. The van der Waals surface area contributed by atoms with Gasteiger partial charge in [0, 0.05) is 31.7 Å². The molecule has 1 aliphatic carbocycles. The minimum absolute atomic E-state index is 0.0134. The highest BCUT2D eigenvalue weighted by atomic mass is 31.2. The maximum absolute atomic E-state index is 12.7. The van der Waals surface area contributed by atoms with Crippen LogP contribution in [0, 0.1) is 11.8 Å². The van der Waals surface area contributed by atoms with Gasteiger partial charge < -0.3 is 35.4 Å². The van der Waals surface area contributed by atoms with E-state index in [1.54, 1.807) is 6.08 Å². The molecule has 58 heavy (non-hydrogen) atoms. The summed E-state index contributed by atoms with van der Waals surface area (Å²) in [5, 5.41) is 31.3. The predicted octanol–water partition coefficient (Wildman–Crippen LogP) is 9.32. The Hall–Kier alpha value is -1.89. The highest BCUT2D eigenvalue weighted by Crippen LogP contribution is 2.43. The first-order chi connectivity index (χ1) is 28.0. The highest BCUT2D eigenvalue weighted by Gasteiger charge is 2.39. The van der Waals surface area contributed by atoms with Crippen LogP contribution in [0.15, 0.2) is 36.5 Å². The Kier molecular flexibility index (Phi) is 33.4. The van der Waals surface area contributed by atoms with E-state index < -0.39 is 50.8 Å². The Morgan fingerprint density at radius 3 is 1.95 bits per heavy atom. The molecule has 0 radical (unpaired) electrons. The number of unbranched alkanes of at least 4 members (excludes halogenated alkanes) is 16. The number of rotatable bonds is 38. The van der Waals surface area contributed by atoms with Crippen LogP contribution < -0.4 is 5.73 Å². The Morgan fingerprint density at radius 2 is 1.29 bits per heavy atom. The summed E-state index contributed by atoms with van der Waals surface area (Å²) < 4.78 is 32.8. The van der Waals surface area contributed by atoms with Gasteiger partial charge in [-0.1, -0.05) is 134 Å². The van der Waals surface area contributed by atoms with Gasteiger partial charge in [0.2, 0.25) is 0 Å². The van der Waals surface area contributed by atoms with Crippen LogP contribution in [-0.2, 0) is 32.7 Å². The molecule has 0 amide bonds. The van der Waals surface area contributed by atoms with E-state index in [0.717, 1.165) is 44.9 Å². The number of hydrogen-bond acceptors (Lipinski definition) is 11. The first-order valence-corrected chi connectivity index (χ1v) is 24.2. The fraction of sp³-hybridized carbons (Fsp3) is 0.822. The van der Waals surface area contributed by atoms with Crippen molar-refractivity contribution in [3.8, 4) is 0 Å². The minimum Gasteiger partial charge on any atom is -0.462 e. The number of aliphatic hydroxyl groups is 3. The summed E-state index contributed by atoms with van der Waals surface area (Å²) in [6.45, 7) is 3.34. The van der Waals surface area contributed by atoms with Crippen LogP contribution in [0.1, 0.15) is 174 Å². The first-order valence-electron chi connectivity index (χ1n) is 22.7. The van der Waals surface area contributed by atoms with E-state index in [-0.39, 0.29) is 50.9 Å². The number of nitrogens with two attached hydrogens (primary N) is 1. The number of phosphoric ester groups is 1. The summed E-state index contributed by atoms with van der Waals surface area (Å²) >= 11 is 0. The third-order valence-corrected chi connectivity index (χ3v) is 11.6. The van der Waals surface area contributed by atoms with Gasteiger partial charge in [-0.05, 0) is 63.7 Å². The van der Waals surface area contributed by atoms with Crippen LogP contribution in [0.25, 0.3) is 0 Å². The summed E-state index contributed by atoms with van der Waals surface area (Å²) in [6, 6.07) is 0. The second-order valence-electron chi connectivity index (χ2n) is 15.9. The molecule has 13 heteroatoms. The van der Waals surface area contributed by atoms with Gasteiger partial charge in [0.25, 0.3) is 0 Å². The van der Waals surface area contributed by atoms with Crippen molar-refractivity contribution in [2.24, 2.45) is 17.6 Å². The summed E-state index contributed by atoms with van der Waals surface area (Å²) in [5.74, 6) is -1.45. The lowest BCUT2D eigenvalue weighted by molar-refractivity contribution is -0.161. The Labute approximate surface area is 351 Å². The number of hydrogen-bond donors (Lipinski definition) is 5. The first kappa shape index (κ1) is 54.1. The van der Waals surface area contributed by atoms with Crippen LogP contribution in [0.4, 0.5) is 0 Å². The number of carbonyl (C=O) groups is 2. The fourth-order valence-corrected chi connectivity index (χ4v) is 7.86. The molecule has 7 atom stereocenters. The molecule has 1 unspecified atom stereocenters. The second kappa shape index (κ2) is 35.8. The monoisotopic (exact) mass is 844 g/mol. The van der Waals surface area contributed by atoms with E-state index in [9.17, 15) is 34.4 Å². The quantitative estimate of drug-likeness (QED) is 0.0171. The largest absolute Gasteiger partial charge is 0.472 e. The van der Waals surface area contributed by atoms with Gasteiger partial charge >= 0.3 is 19.8 Å². The summed E-state index contributed by atoms with van der Waals surface area (Å²) in [6.07, 6.45) is 32.7. The number of esters is 2. The molecule has 0 aliphatic heterocycles. The topological polar surface area (TPSA) is 195 Å². The lowest BCUT2D eigenvalue weighted by Crippen LogP contribution is -2.29. The fourth-order valence-electron chi connectivity index (χ4n) is 7.09. The predicted molar refractivity (Wildman–Crippen MR) is 231 cm³/mol. The Bertz CT molecular complexity index is 1170. The molecule has 338 valence electrons. The Balaban J connectivity index is 2.39. The zero-order chi connectivity index (χ0) is 42.7. The molecule has 12 nitrogen and oxygen atoms in total. The molecule has 0 bridgehead atoms. The van der Waals surface area contributed by atoms with Crippen molar-refractivity contribution in [1.82, 2.24) is 0 Å². The molecule has 1 fully saturated rings. The van der Waals surface area contributed by atoms with Crippen molar-refractivity contribution in [1.29, 1.82) is 0 Å². The van der Waals surface area contributed by atoms with E-state index in [1.807, 2.05) is 18.2 Å². The van der Waals surface area contributed by atoms with Gasteiger partial charge in [-0.15, -0.1) is 0 Å². The molecular formula is C45H82NO11P. The molecule has 0 aromatic carbocycles. The molecule has 0 aromatic rings. The number of phosphoric acid groups is 1. The van der Waals surface area contributed by atoms with Crippen LogP contribution in [-0.4, -0.2) is 82.9 Å². The van der Waals surface area contributed by atoms with Crippen LogP contribution in [0.5, 0.6) is 0 Å². The van der Waals surface area contributed by atoms with E-state index in [2.05, 4.69) is 26.0 Å². The van der Waals surface area contributed by atoms with E-state index in [4.69, 9.17) is 24.3 Å². The van der Waals surface area contributed by atoms with Crippen molar-refractivity contribution in [3.05, 3.63) is 36.5 Å². The van der Waals surface area contributed by atoms with Crippen LogP contribution in [0.3, 0.4) is 0 Å². The number of aliphatic hydroxyl groups excluding tert-OH is 3. The molecule has 0 aromatic heterocycles. The molecule has 1 aliphatic rings. The molecule has 0 heterocycles. The van der Waals surface area contributed by atoms with Crippen molar-refractivity contribution < 1.29 is 52.9 Å². The van der Waals surface area contributed by atoms with Crippen LogP contribution in [0.2, 0.25) is 0 Å². The highest BCUT2D eigenvalue weighted by molar-refractivity contribution is 7.47. The molecule has 0 saturated heterocycles. The lowest BCUT2D eigenvalue weighted by atomic mass is 9.89. The van der Waals surface area contributed by atoms with Crippen molar-refractivity contribution in [3.63, 3.8) is 0 Å². The lowest BCUT2D eigenvalue weighted by Gasteiger charge is -2.20. The molecular weight excluding hydrogens is 761 g/mol. The molecule has 1 rings (SSSR count). The molecule has 0 spiro atoms. The second-order valence-corrected chi connectivity index (χ2v) is 17.3. The normalized spacial score (nSPS) is 20.6. The van der Waals surface area contributed by atoms with E-state index in [1.165, 1.54) is 64.2 Å². The summed E-state index contributed by atoms with van der Waals surface area (Å²) in [4.78, 5) is 35.1.